The molecule has 2 rings (SSSR count). The summed E-state index contributed by atoms with van der Waals surface area (Å²) >= 11 is 0. The maximum absolute atomic E-state index is 5.92. The SMILES string of the molecule is CNCC1CN(CCOc2cc(C)ccc2C)CCO1. The molecule has 0 aromatic heterocycles. The summed E-state index contributed by atoms with van der Waals surface area (Å²) in [4.78, 5) is 2.41. The molecule has 1 N–H and O–H groups in total. The Labute approximate surface area is 122 Å². The van der Waals surface area contributed by atoms with Crippen LogP contribution in [0.4, 0.5) is 0 Å². The minimum atomic E-state index is 0.300. The summed E-state index contributed by atoms with van der Waals surface area (Å²) in [7, 11) is 1.96. The zero-order valence-electron chi connectivity index (χ0n) is 12.8. The van der Waals surface area contributed by atoms with Crippen molar-refractivity contribution in [1.82, 2.24) is 10.2 Å². The van der Waals surface area contributed by atoms with Crippen LogP contribution in [0.25, 0.3) is 0 Å². The Bertz CT molecular complexity index is 421. The van der Waals surface area contributed by atoms with Gasteiger partial charge in [-0.15, -0.1) is 0 Å². The van der Waals surface area contributed by atoms with Crippen LogP contribution in [0.2, 0.25) is 0 Å². The van der Waals surface area contributed by atoms with E-state index < -0.39 is 0 Å². The van der Waals surface area contributed by atoms with E-state index in [0.717, 1.165) is 45.1 Å². The lowest BCUT2D eigenvalue weighted by Crippen LogP contribution is -2.47. The third kappa shape index (κ3) is 4.47. The van der Waals surface area contributed by atoms with Crippen LogP contribution >= 0.6 is 0 Å². The van der Waals surface area contributed by atoms with Gasteiger partial charge in [-0.1, -0.05) is 12.1 Å². The Morgan fingerprint density at radius 1 is 1.40 bits per heavy atom. The predicted molar refractivity (Wildman–Crippen MR) is 81.5 cm³/mol. The Hall–Kier alpha value is -1.10. The highest BCUT2D eigenvalue weighted by atomic mass is 16.5. The second-order valence-electron chi connectivity index (χ2n) is 5.47. The van der Waals surface area contributed by atoms with E-state index in [-0.39, 0.29) is 0 Å². The lowest BCUT2D eigenvalue weighted by molar-refractivity contribution is -0.0292. The van der Waals surface area contributed by atoms with Crippen LogP contribution in [0, 0.1) is 13.8 Å². The highest BCUT2D eigenvalue weighted by Gasteiger charge is 2.19. The molecule has 1 aliphatic heterocycles. The molecule has 1 saturated heterocycles. The van der Waals surface area contributed by atoms with Crippen molar-refractivity contribution in [2.45, 2.75) is 20.0 Å². The number of hydrogen-bond acceptors (Lipinski definition) is 4. The van der Waals surface area contributed by atoms with Crippen LogP contribution < -0.4 is 10.1 Å². The molecule has 0 aliphatic carbocycles. The van der Waals surface area contributed by atoms with Crippen molar-refractivity contribution in [3.63, 3.8) is 0 Å². The van der Waals surface area contributed by atoms with Crippen molar-refractivity contribution < 1.29 is 9.47 Å². The van der Waals surface area contributed by atoms with Crippen LogP contribution in [-0.4, -0.2) is 57.4 Å². The van der Waals surface area contributed by atoms with Gasteiger partial charge in [0, 0.05) is 26.2 Å². The molecule has 0 saturated carbocycles. The van der Waals surface area contributed by atoms with E-state index in [1.54, 1.807) is 0 Å². The molecular weight excluding hydrogens is 252 g/mol. The summed E-state index contributed by atoms with van der Waals surface area (Å²) in [6.45, 7) is 9.58. The van der Waals surface area contributed by atoms with Crippen LogP contribution in [0.3, 0.4) is 0 Å². The van der Waals surface area contributed by atoms with Crippen LogP contribution in [0.1, 0.15) is 11.1 Å². The fraction of sp³-hybridized carbons (Fsp3) is 0.625. The normalized spacial score (nSPS) is 20.1. The molecule has 0 spiro atoms. The highest BCUT2D eigenvalue weighted by molar-refractivity contribution is 5.35. The van der Waals surface area contributed by atoms with E-state index in [4.69, 9.17) is 9.47 Å². The first-order valence-electron chi connectivity index (χ1n) is 7.37. The van der Waals surface area contributed by atoms with E-state index in [0.29, 0.717) is 6.10 Å². The molecule has 1 fully saturated rings. The molecule has 112 valence electrons. The van der Waals surface area contributed by atoms with Gasteiger partial charge >= 0.3 is 0 Å². The van der Waals surface area contributed by atoms with Crippen molar-refractivity contribution in [2.75, 3.05) is 46.4 Å². The fourth-order valence-electron chi connectivity index (χ4n) is 2.48. The van der Waals surface area contributed by atoms with Gasteiger partial charge in [0.15, 0.2) is 0 Å². The number of morpholine rings is 1. The number of hydrogen-bond donors (Lipinski definition) is 1. The first-order chi connectivity index (χ1) is 9.69. The molecule has 1 heterocycles. The Balaban J connectivity index is 1.76. The molecule has 1 aliphatic rings. The molecule has 0 bridgehead atoms. The second kappa shape index (κ2) is 7.62. The lowest BCUT2D eigenvalue weighted by atomic mass is 10.1. The van der Waals surface area contributed by atoms with Crippen molar-refractivity contribution in [3.05, 3.63) is 29.3 Å². The van der Waals surface area contributed by atoms with Crippen molar-refractivity contribution in [3.8, 4) is 5.75 Å². The molecule has 1 aromatic rings. The zero-order chi connectivity index (χ0) is 14.4. The maximum Gasteiger partial charge on any atom is 0.122 e. The molecular formula is C16H26N2O2. The van der Waals surface area contributed by atoms with Gasteiger partial charge in [0.2, 0.25) is 0 Å². The number of rotatable bonds is 6. The monoisotopic (exact) mass is 278 g/mol. The van der Waals surface area contributed by atoms with E-state index in [1.165, 1.54) is 11.1 Å². The van der Waals surface area contributed by atoms with Gasteiger partial charge in [-0.25, -0.2) is 0 Å². The topological polar surface area (TPSA) is 33.7 Å². The van der Waals surface area contributed by atoms with Crippen LogP contribution in [0.5, 0.6) is 5.75 Å². The van der Waals surface area contributed by atoms with E-state index in [9.17, 15) is 0 Å². The van der Waals surface area contributed by atoms with Gasteiger partial charge < -0.3 is 14.8 Å². The highest BCUT2D eigenvalue weighted by Crippen LogP contribution is 2.19. The number of nitrogens with zero attached hydrogens (tertiary/aromatic N) is 1. The molecule has 1 unspecified atom stereocenters. The van der Waals surface area contributed by atoms with E-state index in [1.807, 2.05) is 7.05 Å². The van der Waals surface area contributed by atoms with E-state index in [2.05, 4.69) is 42.3 Å². The predicted octanol–water partition coefficient (Wildman–Crippen LogP) is 1.60. The Morgan fingerprint density at radius 2 is 2.25 bits per heavy atom. The Kier molecular flexibility index (Phi) is 5.83. The average Bonchev–Trinajstić information content (AvgIpc) is 2.43. The summed E-state index contributed by atoms with van der Waals surface area (Å²) in [6, 6.07) is 6.34. The minimum absolute atomic E-state index is 0.300. The first-order valence-corrected chi connectivity index (χ1v) is 7.37. The van der Waals surface area contributed by atoms with Gasteiger partial charge in [-0.3, -0.25) is 4.90 Å². The van der Waals surface area contributed by atoms with Crippen molar-refractivity contribution >= 4 is 0 Å². The number of nitrogens with one attached hydrogen (secondary N) is 1. The van der Waals surface area contributed by atoms with Gasteiger partial charge in [0.05, 0.1) is 12.7 Å². The van der Waals surface area contributed by atoms with Gasteiger partial charge in [-0.2, -0.15) is 0 Å². The van der Waals surface area contributed by atoms with E-state index >= 15 is 0 Å². The molecule has 4 heteroatoms. The maximum atomic E-state index is 5.92. The number of benzene rings is 1. The third-order valence-electron chi connectivity index (χ3n) is 3.66. The minimum Gasteiger partial charge on any atom is -0.492 e. The largest absolute Gasteiger partial charge is 0.492 e. The van der Waals surface area contributed by atoms with Gasteiger partial charge in [0.25, 0.3) is 0 Å². The molecule has 0 radical (unpaired) electrons. The van der Waals surface area contributed by atoms with Crippen LogP contribution in [0.15, 0.2) is 18.2 Å². The second-order valence-corrected chi connectivity index (χ2v) is 5.47. The van der Waals surface area contributed by atoms with Crippen molar-refractivity contribution in [1.29, 1.82) is 0 Å². The Morgan fingerprint density at radius 3 is 3.05 bits per heavy atom. The summed E-state index contributed by atoms with van der Waals surface area (Å²) in [5.41, 5.74) is 2.44. The molecule has 4 nitrogen and oxygen atoms in total. The number of ether oxygens (including phenoxy) is 2. The lowest BCUT2D eigenvalue weighted by Gasteiger charge is -2.32. The van der Waals surface area contributed by atoms with Crippen LogP contribution in [-0.2, 0) is 4.74 Å². The smallest absolute Gasteiger partial charge is 0.122 e. The molecule has 1 atom stereocenters. The first kappa shape index (κ1) is 15.3. The molecule has 1 aromatic carbocycles. The summed E-state index contributed by atoms with van der Waals surface area (Å²) in [6.07, 6.45) is 0.300. The van der Waals surface area contributed by atoms with Gasteiger partial charge in [-0.05, 0) is 38.1 Å². The van der Waals surface area contributed by atoms with Crippen molar-refractivity contribution in [2.24, 2.45) is 0 Å². The number of aryl methyl sites for hydroxylation is 2. The summed E-state index contributed by atoms with van der Waals surface area (Å²) in [5.74, 6) is 1.00. The standard InChI is InChI=1S/C16H26N2O2/c1-13-4-5-14(2)16(10-13)20-9-7-18-6-8-19-15(12-18)11-17-3/h4-5,10,15,17H,6-9,11-12H2,1-3H3. The fourth-order valence-corrected chi connectivity index (χ4v) is 2.48. The third-order valence-corrected chi connectivity index (χ3v) is 3.66. The molecule has 20 heavy (non-hydrogen) atoms. The zero-order valence-corrected chi connectivity index (χ0v) is 12.8. The number of likely N-dealkylation sites (N-methyl/N-ethyl adjacent to an activating group) is 1. The van der Waals surface area contributed by atoms with Gasteiger partial charge in [0.1, 0.15) is 12.4 Å². The summed E-state index contributed by atoms with van der Waals surface area (Å²) < 4.78 is 11.6. The quantitative estimate of drug-likeness (QED) is 0.857. The molecule has 0 amide bonds. The summed E-state index contributed by atoms with van der Waals surface area (Å²) in [5, 5.41) is 3.17. The average molecular weight is 278 g/mol.